The SMILES string of the molecule is CCOCOc1ccccc1CCl. The summed E-state index contributed by atoms with van der Waals surface area (Å²) in [6, 6.07) is 7.67. The molecule has 0 amide bonds. The summed E-state index contributed by atoms with van der Waals surface area (Å²) in [5.74, 6) is 1.26. The Morgan fingerprint density at radius 1 is 1.31 bits per heavy atom. The van der Waals surface area contributed by atoms with Crippen molar-refractivity contribution in [2.45, 2.75) is 12.8 Å². The number of benzene rings is 1. The van der Waals surface area contributed by atoms with Gasteiger partial charge in [0.05, 0.1) is 5.88 Å². The van der Waals surface area contributed by atoms with E-state index in [4.69, 9.17) is 21.1 Å². The summed E-state index contributed by atoms with van der Waals surface area (Å²) in [6.45, 7) is 2.87. The minimum absolute atomic E-state index is 0.282. The van der Waals surface area contributed by atoms with Crippen LogP contribution in [0.3, 0.4) is 0 Å². The normalized spacial score (nSPS) is 10.0. The first-order chi connectivity index (χ1) is 6.38. The third-order valence-electron chi connectivity index (χ3n) is 1.62. The van der Waals surface area contributed by atoms with Crippen molar-refractivity contribution >= 4 is 11.6 Å². The number of hydrogen-bond acceptors (Lipinski definition) is 2. The molecule has 0 fully saturated rings. The molecule has 0 heterocycles. The molecule has 0 radical (unpaired) electrons. The zero-order valence-corrected chi connectivity index (χ0v) is 8.38. The monoisotopic (exact) mass is 200 g/mol. The molecule has 2 nitrogen and oxygen atoms in total. The molecule has 0 N–H and O–H groups in total. The average Bonchev–Trinajstić information content (AvgIpc) is 2.19. The molecule has 13 heavy (non-hydrogen) atoms. The lowest BCUT2D eigenvalue weighted by atomic mass is 10.2. The third-order valence-corrected chi connectivity index (χ3v) is 1.91. The lowest BCUT2D eigenvalue weighted by Crippen LogP contribution is -2.03. The topological polar surface area (TPSA) is 18.5 Å². The van der Waals surface area contributed by atoms with Gasteiger partial charge in [0, 0.05) is 12.2 Å². The molecule has 0 saturated carbocycles. The fraction of sp³-hybridized carbons (Fsp3) is 0.400. The molecule has 1 aromatic rings. The van der Waals surface area contributed by atoms with Gasteiger partial charge in [0.1, 0.15) is 5.75 Å². The molecule has 0 aromatic heterocycles. The van der Waals surface area contributed by atoms with Gasteiger partial charge in [-0.05, 0) is 13.0 Å². The van der Waals surface area contributed by atoms with Crippen LogP contribution in [-0.2, 0) is 10.6 Å². The molecule has 0 unspecified atom stereocenters. The van der Waals surface area contributed by atoms with Crippen LogP contribution in [0.25, 0.3) is 0 Å². The third kappa shape index (κ3) is 3.25. The van der Waals surface area contributed by atoms with Crippen molar-refractivity contribution < 1.29 is 9.47 Å². The average molecular weight is 201 g/mol. The molecule has 1 rings (SSSR count). The summed E-state index contributed by atoms with van der Waals surface area (Å²) in [5.41, 5.74) is 0.990. The van der Waals surface area contributed by atoms with Crippen molar-refractivity contribution in [3.05, 3.63) is 29.8 Å². The molecule has 72 valence electrons. The molecule has 3 heteroatoms. The predicted octanol–water partition coefficient (Wildman–Crippen LogP) is 2.80. The summed E-state index contributed by atoms with van der Waals surface area (Å²) >= 11 is 5.72. The molecule has 0 saturated heterocycles. The summed E-state index contributed by atoms with van der Waals surface area (Å²) in [6.07, 6.45) is 0. The first kappa shape index (κ1) is 10.4. The number of alkyl halides is 1. The highest BCUT2D eigenvalue weighted by Crippen LogP contribution is 2.19. The van der Waals surface area contributed by atoms with Gasteiger partial charge in [-0.1, -0.05) is 18.2 Å². The second-order valence-corrected chi connectivity index (χ2v) is 2.76. The van der Waals surface area contributed by atoms with Gasteiger partial charge in [-0.15, -0.1) is 11.6 Å². The summed E-state index contributed by atoms with van der Waals surface area (Å²) < 4.78 is 10.4. The van der Waals surface area contributed by atoms with Crippen LogP contribution < -0.4 is 4.74 Å². The Kier molecular flexibility index (Phi) is 4.65. The van der Waals surface area contributed by atoms with Crippen molar-refractivity contribution in [3.8, 4) is 5.75 Å². The molecule has 0 aliphatic carbocycles. The highest BCUT2D eigenvalue weighted by molar-refractivity contribution is 6.17. The zero-order chi connectivity index (χ0) is 9.52. The van der Waals surface area contributed by atoms with Crippen LogP contribution in [0.1, 0.15) is 12.5 Å². The molecule has 0 atom stereocenters. The summed E-state index contributed by atoms with van der Waals surface area (Å²) in [5, 5.41) is 0. The Labute approximate surface area is 83.4 Å². The first-order valence-electron chi connectivity index (χ1n) is 4.23. The lowest BCUT2D eigenvalue weighted by molar-refractivity contribution is 0.0219. The van der Waals surface area contributed by atoms with Gasteiger partial charge in [0.25, 0.3) is 0 Å². The molecule has 0 spiro atoms. The van der Waals surface area contributed by atoms with Crippen LogP contribution in [0.2, 0.25) is 0 Å². The maximum atomic E-state index is 5.72. The largest absolute Gasteiger partial charge is 0.467 e. The summed E-state index contributed by atoms with van der Waals surface area (Å²) in [7, 11) is 0. The van der Waals surface area contributed by atoms with E-state index in [9.17, 15) is 0 Å². The Bertz CT molecular complexity index is 250. The predicted molar refractivity (Wildman–Crippen MR) is 53.1 cm³/mol. The fourth-order valence-corrected chi connectivity index (χ4v) is 1.16. The lowest BCUT2D eigenvalue weighted by Gasteiger charge is -2.08. The van der Waals surface area contributed by atoms with E-state index in [2.05, 4.69) is 0 Å². The van der Waals surface area contributed by atoms with Crippen LogP contribution in [-0.4, -0.2) is 13.4 Å². The van der Waals surface area contributed by atoms with Gasteiger partial charge in [-0.2, -0.15) is 0 Å². The van der Waals surface area contributed by atoms with Crippen molar-refractivity contribution in [3.63, 3.8) is 0 Å². The zero-order valence-electron chi connectivity index (χ0n) is 7.63. The van der Waals surface area contributed by atoms with E-state index in [1.165, 1.54) is 0 Å². The summed E-state index contributed by atoms with van der Waals surface area (Å²) in [4.78, 5) is 0. The Balaban J connectivity index is 2.54. The van der Waals surface area contributed by atoms with E-state index in [-0.39, 0.29) is 6.79 Å². The standard InChI is InChI=1S/C10H13ClO2/c1-2-12-8-13-10-6-4-3-5-9(10)7-11/h3-6H,2,7-8H2,1H3. The molecule has 0 aliphatic rings. The molecular formula is C10H13ClO2. The Morgan fingerprint density at radius 3 is 2.77 bits per heavy atom. The van der Waals surface area contributed by atoms with E-state index in [1.54, 1.807) is 0 Å². The number of para-hydroxylation sites is 1. The Morgan fingerprint density at radius 2 is 2.08 bits per heavy atom. The van der Waals surface area contributed by atoms with Crippen molar-refractivity contribution in [2.75, 3.05) is 13.4 Å². The van der Waals surface area contributed by atoms with Crippen LogP contribution in [0.5, 0.6) is 5.75 Å². The number of rotatable bonds is 5. The van der Waals surface area contributed by atoms with Gasteiger partial charge < -0.3 is 9.47 Å². The van der Waals surface area contributed by atoms with Gasteiger partial charge >= 0.3 is 0 Å². The van der Waals surface area contributed by atoms with E-state index in [1.807, 2.05) is 31.2 Å². The minimum atomic E-state index is 0.282. The second kappa shape index (κ2) is 5.84. The van der Waals surface area contributed by atoms with E-state index in [0.29, 0.717) is 12.5 Å². The van der Waals surface area contributed by atoms with Crippen molar-refractivity contribution in [1.82, 2.24) is 0 Å². The number of hydrogen-bond donors (Lipinski definition) is 0. The molecule has 0 aliphatic heterocycles. The van der Waals surface area contributed by atoms with Crippen LogP contribution in [0.4, 0.5) is 0 Å². The van der Waals surface area contributed by atoms with E-state index < -0.39 is 0 Å². The van der Waals surface area contributed by atoms with Crippen molar-refractivity contribution in [2.24, 2.45) is 0 Å². The minimum Gasteiger partial charge on any atom is -0.467 e. The quantitative estimate of drug-likeness (QED) is 0.414. The van der Waals surface area contributed by atoms with Crippen LogP contribution in [0, 0.1) is 0 Å². The highest BCUT2D eigenvalue weighted by atomic mass is 35.5. The Hall–Kier alpha value is -0.730. The van der Waals surface area contributed by atoms with E-state index in [0.717, 1.165) is 11.3 Å². The van der Waals surface area contributed by atoms with Gasteiger partial charge in [0.15, 0.2) is 6.79 Å². The molecule has 1 aromatic carbocycles. The molecular weight excluding hydrogens is 188 g/mol. The van der Waals surface area contributed by atoms with Gasteiger partial charge in [-0.25, -0.2) is 0 Å². The van der Waals surface area contributed by atoms with Crippen LogP contribution in [0.15, 0.2) is 24.3 Å². The van der Waals surface area contributed by atoms with Gasteiger partial charge in [-0.3, -0.25) is 0 Å². The second-order valence-electron chi connectivity index (χ2n) is 2.50. The van der Waals surface area contributed by atoms with Gasteiger partial charge in [0.2, 0.25) is 0 Å². The first-order valence-corrected chi connectivity index (χ1v) is 4.76. The maximum absolute atomic E-state index is 5.72. The highest BCUT2D eigenvalue weighted by Gasteiger charge is 1.99. The molecule has 0 bridgehead atoms. The fourth-order valence-electron chi connectivity index (χ4n) is 0.944. The van der Waals surface area contributed by atoms with Crippen molar-refractivity contribution in [1.29, 1.82) is 0 Å². The smallest absolute Gasteiger partial charge is 0.189 e. The number of ether oxygens (including phenoxy) is 2. The number of halogens is 1. The maximum Gasteiger partial charge on any atom is 0.189 e. The van der Waals surface area contributed by atoms with E-state index >= 15 is 0 Å². The van der Waals surface area contributed by atoms with Crippen LogP contribution >= 0.6 is 11.6 Å².